The van der Waals surface area contributed by atoms with Gasteiger partial charge in [-0.2, -0.15) is 0 Å². The lowest BCUT2D eigenvalue weighted by Gasteiger charge is -2.16. The van der Waals surface area contributed by atoms with Crippen LogP contribution in [-0.4, -0.2) is 23.8 Å². The van der Waals surface area contributed by atoms with Gasteiger partial charge in [-0.15, -0.1) is 0 Å². The Balaban J connectivity index is 2.11. The standard InChI is InChI=1S/C14H20O4/c1-4-5-7-11-13(18-14(2,3)17-11)12(15)10-8-6-9-16-10/h6,8-9,11,13H,4-5,7H2,1-3H3/t11-,13+/m0/s1. The Hall–Kier alpha value is -1.13. The third-order valence-corrected chi connectivity index (χ3v) is 3.05. The Labute approximate surface area is 107 Å². The van der Waals surface area contributed by atoms with E-state index in [2.05, 4.69) is 6.92 Å². The van der Waals surface area contributed by atoms with Gasteiger partial charge in [0.2, 0.25) is 5.78 Å². The molecule has 1 fully saturated rings. The van der Waals surface area contributed by atoms with Crippen molar-refractivity contribution in [2.75, 3.05) is 0 Å². The summed E-state index contributed by atoms with van der Waals surface area (Å²) < 4.78 is 16.7. The van der Waals surface area contributed by atoms with E-state index in [4.69, 9.17) is 13.9 Å². The van der Waals surface area contributed by atoms with Gasteiger partial charge in [-0.05, 0) is 32.4 Å². The number of unbranched alkanes of at least 4 members (excludes halogenated alkanes) is 1. The molecule has 0 amide bonds. The van der Waals surface area contributed by atoms with Crippen LogP contribution in [0.15, 0.2) is 22.8 Å². The molecule has 1 aliphatic heterocycles. The molecule has 1 aromatic rings. The summed E-state index contributed by atoms with van der Waals surface area (Å²) in [7, 11) is 0. The molecule has 4 nitrogen and oxygen atoms in total. The number of ether oxygens (including phenoxy) is 2. The first-order valence-electron chi connectivity index (χ1n) is 6.47. The quantitative estimate of drug-likeness (QED) is 0.755. The average Bonchev–Trinajstić information content (AvgIpc) is 2.92. The summed E-state index contributed by atoms with van der Waals surface area (Å²) in [4.78, 5) is 12.3. The normalized spacial score (nSPS) is 26.4. The van der Waals surface area contributed by atoms with Gasteiger partial charge in [0, 0.05) is 0 Å². The zero-order valence-corrected chi connectivity index (χ0v) is 11.1. The van der Waals surface area contributed by atoms with Crippen LogP contribution in [0.25, 0.3) is 0 Å². The maximum atomic E-state index is 12.3. The van der Waals surface area contributed by atoms with Crippen molar-refractivity contribution >= 4 is 5.78 Å². The van der Waals surface area contributed by atoms with Crippen LogP contribution in [0.2, 0.25) is 0 Å². The fourth-order valence-electron chi connectivity index (χ4n) is 2.23. The molecule has 0 saturated carbocycles. The topological polar surface area (TPSA) is 48.7 Å². The monoisotopic (exact) mass is 252 g/mol. The summed E-state index contributed by atoms with van der Waals surface area (Å²) in [5.41, 5.74) is 0. The molecule has 0 N–H and O–H groups in total. The number of rotatable bonds is 5. The number of carbonyl (C=O) groups excluding carboxylic acids is 1. The summed E-state index contributed by atoms with van der Waals surface area (Å²) >= 11 is 0. The van der Waals surface area contributed by atoms with Crippen LogP contribution in [0.1, 0.15) is 50.6 Å². The summed E-state index contributed by atoms with van der Waals surface area (Å²) in [6.07, 6.45) is 3.68. The zero-order chi connectivity index (χ0) is 13.2. The fraction of sp³-hybridized carbons (Fsp3) is 0.643. The van der Waals surface area contributed by atoms with Crippen molar-refractivity contribution in [2.45, 2.75) is 58.0 Å². The van der Waals surface area contributed by atoms with Gasteiger partial charge in [0.15, 0.2) is 17.7 Å². The van der Waals surface area contributed by atoms with Gasteiger partial charge in [-0.25, -0.2) is 0 Å². The van der Waals surface area contributed by atoms with Gasteiger partial charge in [-0.3, -0.25) is 4.79 Å². The van der Waals surface area contributed by atoms with Gasteiger partial charge in [0.1, 0.15) is 0 Å². The highest BCUT2D eigenvalue weighted by Crippen LogP contribution is 2.32. The fourth-order valence-corrected chi connectivity index (χ4v) is 2.23. The largest absolute Gasteiger partial charge is 0.461 e. The number of hydrogen-bond acceptors (Lipinski definition) is 4. The van der Waals surface area contributed by atoms with Crippen LogP contribution in [0.3, 0.4) is 0 Å². The second-order valence-electron chi connectivity index (χ2n) is 5.08. The molecule has 1 aliphatic rings. The van der Waals surface area contributed by atoms with E-state index in [0.717, 1.165) is 19.3 Å². The van der Waals surface area contributed by atoms with Crippen LogP contribution >= 0.6 is 0 Å². The molecular weight excluding hydrogens is 232 g/mol. The van der Waals surface area contributed by atoms with Crippen molar-refractivity contribution in [2.24, 2.45) is 0 Å². The molecule has 0 bridgehead atoms. The van der Waals surface area contributed by atoms with Gasteiger partial charge in [0.05, 0.1) is 12.4 Å². The second kappa shape index (κ2) is 5.24. The Morgan fingerprint density at radius 3 is 2.78 bits per heavy atom. The first-order chi connectivity index (χ1) is 8.53. The van der Waals surface area contributed by atoms with E-state index < -0.39 is 11.9 Å². The van der Waals surface area contributed by atoms with Crippen molar-refractivity contribution in [3.63, 3.8) is 0 Å². The van der Waals surface area contributed by atoms with E-state index in [9.17, 15) is 4.79 Å². The van der Waals surface area contributed by atoms with Crippen LogP contribution < -0.4 is 0 Å². The van der Waals surface area contributed by atoms with E-state index in [0.29, 0.717) is 5.76 Å². The van der Waals surface area contributed by atoms with Crippen LogP contribution in [0.4, 0.5) is 0 Å². The highest BCUT2D eigenvalue weighted by molar-refractivity contribution is 5.97. The molecule has 2 heterocycles. The van der Waals surface area contributed by atoms with E-state index in [1.165, 1.54) is 6.26 Å². The lowest BCUT2D eigenvalue weighted by Crippen LogP contribution is -2.31. The number of furan rings is 1. The lowest BCUT2D eigenvalue weighted by atomic mass is 10.0. The summed E-state index contributed by atoms with van der Waals surface area (Å²) in [6, 6.07) is 3.36. The summed E-state index contributed by atoms with van der Waals surface area (Å²) in [5.74, 6) is -0.500. The lowest BCUT2D eigenvalue weighted by molar-refractivity contribution is -0.143. The summed E-state index contributed by atoms with van der Waals surface area (Å²) in [6.45, 7) is 5.78. The zero-order valence-electron chi connectivity index (χ0n) is 11.1. The smallest absolute Gasteiger partial charge is 0.229 e. The molecule has 2 rings (SSSR count). The highest BCUT2D eigenvalue weighted by Gasteiger charge is 2.45. The molecule has 4 heteroatoms. The minimum Gasteiger partial charge on any atom is -0.461 e. The van der Waals surface area contributed by atoms with Crippen LogP contribution in [0, 0.1) is 0 Å². The van der Waals surface area contributed by atoms with Gasteiger partial charge in [0.25, 0.3) is 0 Å². The third-order valence-electron chi connectivity index (χ3n) is 3.05. The predicted molar refractivity (Wildman–Crippen MR) is 66.4 cm³/mol. The van der Waals surface area contributed by atoms with E-state index in [1.54, 1.807) is 12.1 Å². The molecule has 2 atom stereocenters. The summed E-state index contributed by atoms with van der Waals surface area (Å²) in [5, 5.41) is 0. The SMILES string of the molecule is CCCC[C@@H]1OC(C)(C)O[C@H]1C(=O)c1ccco1. The first-order valence-corrected chi connectivity index (χ1v) is 6.47. The highest BCUT2D eigenvalue weighted by atomic mass is 16.8. The van der Waals surface area contributed by atoms with Crippen LogP contribution in [0.5, 0.6) is 0 Å². The number of Topliss-reactive ketones (excluding diaryl/α,β-unsaturated/α-hetero) is 1. The molecule has 0 aromatic carbocycles. The van der Waals surface area contributed by atoms with Crippen molar-refractivity contribution < 1.29 is 18.7 Å². The van der Waals surface area contributed by atoms with Crippen molar-refractivity contribution in [3.8, 4) is 0 Å². The second-order valence-corrected chi connectivity index (χ2v) is 5.08. The molecule has 18 heavy (non-hydrogen) atoms. The maximum Gasteiger partial charge on any atom is 0.229 e. The van der Waals surface area contributed by atoms with Crippen LogP contribution in [-0.2, 0) is 9.47 Å². The van der Waals surface area contributed by atoms with Crippen molar-refractivity contribution in [1.29, 1.82) is 0 Å². The van der Waals surface area contributed by atoms with Crippen molar-refractivity contribution in [3.05, 3.63) is 24.2 Å². The number of ketones is 1. The molecule has 1 aromatic heterocycles. The third kappa shape index (κ3) is 2.82. The molecule has 0 aliphatic carbocycles. The van der Waals surface area contributed by atoms with Gasteiger partial charge < -0.3 is 13.9 Å². The van der Waals surface area contributed by atoms with E-state index in [1.807, 2.05) is 13.8 Å². The number of hydrogen-bond donors (Lipinski definition) is 0. The Kier molecular flexibility index (Phi) is 3.88. The van der Waals surface area contributed by atoms with E-state index >= 15 is 0 Å². The minimum atomic E-state index is -0.703. The predicted octanol–water partition coefficient (Wildman–Crippen LogP) is 3.17. The molecule has 0 radical (unpaired) electrons. The van der Waals surface area contributed by atoms with E-state index in [-0.39, 0.29) is 11.9 Å². The average molecular weight is 252 g/mol. The Morgan fingerprint density at radius 2 is 2.17 bits per heavy atom. The van der Waals surface area contributed by atoms with Crippen molar-refractivity contribution in [1.82, 2.24) is 0 Å². The molecule has 1 saturated heterocycles. The minimum absolute atomic E-state index is 0.133. The van der Waals surface area contributed by atoms with Gasteiger partial charge >= 0.3 is 0 Å². The molecule has 100 valence electrons. The Morgan fingerprint density at radius 1 is 1.39 bits per heavy atom. The maximum absolute atomic E-state index is 12.3. The molecule has 0 spiro atoms. The van der Waals surface area contributed by atoms with Gasteiger partial charge in [-0.1, -0.05) is 19.8 Å². The first kappa shape index (κ1) is 13.3. The number of carbonyl (C=O) groups is 1. The molecular formula is C14H20O4. The molecule has 0 unspecified atom stereocenters. The Bertz CT molecular complexity index is 394.